The molecule has 0 amide bonds. The second-order valence-corrected chi connectivity index (χ2v) is 5.56. The summed E-state index contributed by atoms with van der Waals surface area (Å²) in [6, 6.07) is 9.99. The van der Waals surface area contributed by atoms with Crippen LogP contribution < -0.4 is 0 Å². The van der Waals surface area contributed by atoms with Crippen LogP contribution in [0.2, 0.25) is 0 Å². The molecule has 20 heavy (non-hydrogen) atoms. The average Bonchev–Trinajstić information content (AvgIpc) is 2.36. The molecule has 4 nitrogen and oxygen atoms in total. The number of hydrogen-bond acceptors (Lipinski definition) is 4. The first-order valence-corrected chi connectivity index (χ1v) is 7.05. The van der Waals surface area contributed by atoms with Crippen molar-refractivity contribution in [2.45, 2.75) is 39.3 Å². The van der Waals surface area contributed by atoms with Crippen molar-refractivity contribution in [1.82, 2.24) is 4.90 Å². The van der Waals surface area contributed by atoms with Crippen LogP contribution in [0.5, 0.6) is 0 Å². The number of rotatable bonds is 8. The van der Waals surface area contributed by atoms with Gasteiger partial charge in [0.2, 0.25) is 0 Å². The highest BCUT2D eigenvalue weighted by Gasteiger charge is 2.17. The molecule has 0 spiro atoms. The van der Waals surface area contributed by atoms with Gasteiger partial charge in [-0.15, -0.1) is 0 Å². The maximum absolute atomic E-state index is 11.6. The third kappa shape index (κ3) is 7.26. The lowest BCUT2D eigenvalue weighted by Gasteiger charge is -2.25. The van der Waals surface area contributed by atoms with Crippen molar-refractivity contribution in [3.05, 3.63) is 35.9 Å². The monoisotopic (exact) mass is 279 g/mol. The summed E-state index contributed by atoms with van der Waals surface area (Å²) in [5.41, 5.74) is 0.413. The van der Waals surface area contributed by atoms with E-state index in [1.807, 2.05) is 35.2 Å². The Morgan fingerprint density at radius 1 is 1.30 bits per heavy atom. The maximum atomic E-state index is 11.6. The Labute approximate surface area is 121 Å². The molecule has 0 bridgehead atoms. The number of ether oxygens (including phenoxy) is 1. The highest BCUT2D eigenvalue weighted by atomic mass is 16.5. The Balaban J connectivity index is 2.61. The van der Waals surface area contributed by atoms with Crippen LogP contribution in [0, 0.1) is 0 Å². The van der Waals surface area contributed by atoms with Crippen LogP contribution in [0.15, 0.2) is 30.3 Å². The molecular formula is C16H25NO3. The molecule has 0 aliphatic rings. The second kappa shape index (κ2) is 8.02. The number of carbonyl (C=O) groups excluding carboxylic acids is 1. The van der Waals surface area contributed by atoms with Gasteiger partial charge in [-0.3, -0.25) is 9.69 Å². The van der Waals surface area contributed by atoms with Gasteiger partial charge in [0.15, 0.2) is 0 Å². The van der Waals surface area contributed by atoms with Crippen LogP contribution in [0.25, 0.3) is 0 Å². The Bertz CT molecular complexity index is 398. The number of aliphatic hydroxyl groups is 1. The molecule has 0 saturated heterocycles. The normalized spacial score (nSPS) is 11.7. The zero-order chi connectivity index (χ0) is 15.0. The van der Waals surface area contributed by atoms with Crippen LogP contribution in [0.4, 0.5) is 0 Å². The minimum absolute atomic E-state index is 0.223. The van der Waals surface area contributed by atoms with E-state index in [4.69, 9.17) is 4.74 Å². The molecule has 1 N–H and O–H groups in total. The standard InChI is InChI=1S/C16H25NO3/c1-4-20-15(18)13-17(11-10-16(2,3)19)12-14-8-6-5-7-9-14/h5-9,19H,4,10-13H2,1-3H3. The summed E-state index contributed by atoms with van der Waals surface area (Å²) >= 11 is 0. The molecule has 0 fully saturated rings. The van der Waals surface area contributed by atoms with Gasteiger partial charge < -0.3 is 9.84 Å². The summed E-state index contributed by atoms with van der Waals surface area (Å²) in [5.74, 6) is -0.223. The second-order valence-electron chi connectivity index (χ2n) is 5.56. The van der Waals surface area contributed by atoms with Gasteiger partial charge >= 0.3 is 5.97 Å². The minimum atomic E-state index is -0.733. The van der Waals surface area contributed by atoms with E-state index in [-0.39, 0.29) is 12.5 Å². The van der Waals surface area contributed by atoms with E-state index < -0.39 is 5.60 Å². The lowest BCUT2D eigenvalue weighted by molar-refractivity contribution is -0.144. The predicted molar refractivity (Wildman–Crippen MR) is 79.3 cm³/mol. The van der Waals surface area contributed by atoms with Gasteiger partial charge in [-0.2, -0.15) is 0 Å². The van der Waals surface area contributed by atoms with Crippen molar-refractivity contribution in [2.24, 2.45) is 0 Å². The largest absolute Gasteiger partial charge is 0.465 e. The number of esters is 1. The van der Waals surface area contributed by atoms with Crippen LogP contribution in [0.3, 0.4) is 0 Å². The first-order chi connectivity index (χ1) is 9.40. The smallest absolute Gasteiger partial charge is 0.320 e. The van der Waals surface area contributed by atoms with Crippen LogP contribution in [-0.4, -0.2) is 41.3 Å². The Kier molecular flexibility index (Phi) is 6.68. The predicted octanol–water partition coefficient (Wildman–Crippen LogP) is 2.21. The fourth-order valence-electron chi connectivity index (χ4n) is 1.88. The third-order valence-corrected chi connectivity index (χ3v) is 2.95. The van der Waals surface area contributed by atoms with E-state index in [0.717, 1.165) is 5.56 Å². The molecular weight excluding hydrogens is 254 g/mol. The van der Waals surface area contributed by atoms with Crippen LogP contribution in [-0.2, 0) is 16.1 Å². The summed E-state index contributed by atoms with van der Waals surface area (Å²) in [4.78, 5) is 13.6. The van der Waals surface area contributed by atoms with Gasteiger partial charge in [0.25, 0.3) is 0 Å². The molecule has 0 aliphatic carbocycles. The molecule has 0 saturated carbocycles. The summed E-state index contributed by atoms with van der Waals surface area (Å²) in [6.07, 6.45) is 0.610. The first-order valence-electron chi connectivity index (χ1n) is 7.05. The number of benzene rings is 1. The van der Waals surface area contributed by atoms with Crippen molar-refractivity contribution in [3.63, 3.8) is 0 Å². The van der Waals surface area contributed by atoms with E-state index in [2.05, 4.69) is 0 Å². The van der Waals surface area contributed by atoms with Crippen LogP contribution >= 0.6 is 0 Å². The average molecular weight is 279 g/mol. The fourth-order valence-corrected chi connectivity index (χ4v) is 1.88. The molecule has 0 radical (unpaired) electrons. The number of carbonyl (C=O) groups is 1. The van der Waals surface area contributed by atoms with E-state index in [1.54, 1.807) is 20.8 Å². The Morgan fingerprint density at radius 2 is 1.95 bits per heavy atom. The molecule has 4 heteroatoms. The molecule has 1 aromatic rings. The van der Waals surface area contributed by atoms with Crippen molar-refractivity contribution in [2.75, 3.05) is 19.7 Å². The molecule has 0 atom stereocenters. The molecule has 1 aromatic carbocycles. The molecule has 112 valence electrons. The Hall–Kier alpha value is -1.39. The van der Waals surface area contributed by atoms with E-state index in [9.17, 15) is 9.90 Å². The lowest BCUT2D eigenvalue weighted by Crippen LogP contribution is -2.35. The zero-order valence-electron chi connectivity index (χ0n) is 12.6. The van der Waals surface area contributed by atoms with Gasteiger partial charge in [-0.1, -0.05) is 30.3 Å². The SMILES string of the molecule is CCOC(=O)CN(CCC(C)(C)O)Cc1ccccc1. The fraction of sp³-hybridized carbons (Fsp3) is 0.562. The molecule has 0 aliphatic heterocycles. The topological polar surface area (TPSA) is 49.8 Å². The summed E-state index contributed by atoms with van der Waals surface area (Å²) in [5, 5.41) is 9.83. The van der Waals surface area contributed by atoms with Crippen molar-refractivity contribution in [3.8, 4) is 0 Å². The van der Waals surface area contributed by atoms with Gasteiger partial charge in [-0.25, -0.2) is 0 Å². The third-order valence-electron chi connectivity index (χ3n) is 2.95. The molecule has 0 heterocycles. The van der Waals surface area contributed by atoms with E-state index in [0.29, 0.717) is 26.1 Å². The van der Waals surface area contributed by atoms with Crippen LogP contribution in [0.1, 0.15) is 32.8 Å². The zero-order valence-corrected chi connectivity index (χ0v) is 12.6. The first kappa shape index (κ1) is 16.7. The highest BCUT2D eigenvalue weighted by Crippen LogP contribution is 2.11. The number of hydrogen-bond donors (Lipinski definition) is 1. The lowest BCUT2D eigenvalue weighted by atomic mass is 10.1. The maximum Gasteiger partial charge on any atom is 0.320 e. The summed E-state index contributed by atoms with van der Waals surface area (Å²) in [7, 11) is 0. The molecule has 0 unspecified atom stereocenters. The van der Waals surface area contributed by atoms with Crippen molar-refractivity contribution in [1.29, 1.82) is 0 Å². The Morgan fingerprint density at radius 3 is 2.50 bits per heavy atom. The van der Waals surface area contributed by atoms with Gasteiger partial charge in [-0.05, 0) is 32.8 Å². The quantitative estimate of drug-likeness (QED) is 0.741. The van der Waals surface area contributed by atoms with Gasteiger partial charge in [0.1, 0.15) is 0 Å². The van der Waals surface area contributed by atoms with E-state index >= 15 is 0 Å². The van der Waals surface area contributed by atoms with Gasteiger partial charge in [0.05, 0.1) is 18.8 Å². The highest BCUT2D eigenvalue weighted by molar-refractivity contribution is 5.71. The number of nitrogens with zero attached hydrogens (tertiary/aromatic N) is 1. The molecule has 0 aromatic heterocycles. The van der Waals surface area contributed by atoms with E-state index in [1.165, 1.54) is 0 Å². The van der Waals surface area contributed by atoms with Crippen molar-refractivity contribution >= 4 is 5.97 Å². The summed E-state index contributed by atoms with van der Waals surface area (Å²) < 4.78 is 5.00. The van der Waals surface area contributed by atoms with Crippen molar-refractivity contribution < 1.29 is 14.6 Å². The minimum Gasteiger partial charge on any atom is -0.465 e. The van der Waals surface area contributed by atoms with Gasteiger partial charge in [0, 0.05) is 13.1 Å². The summed E-state index contributed by atoms with van der Waals surface area (Å²) in [6.45, 7) is 7.32. The molecule has 1 rings (SSSR count).